The van der Waals surface area contributed by atoms with Gasteiger partial charge in [0.05, 0.1) is 114 Å². The molecule has 4 aromatic heterocycles. The van der Waals surface area contributed by atoms with Crippen LogP contribution in [0.1, 0.15) is 194 Å². The summed E-state index contributed by atoms with van der Waals surface area (Å²) in [7, 11) is 4.64. The van der Waals surface area contributed by atoms with Crippen molar-refractivity contribution in [2.24, 2.45) is 40.7 Å². The third-order valence-electron chi connectivity index (χ3n) is 25.3. The van der Waals surface area contributed by atoms with Crippen molar-refractivity contribution in [3.05, 3.63) is 120 Å². The Bertz CT molecular complexity index is 4860. The van der Waals surface area contributed by atoms with Gasteiger partial charge in [0.15, 0.2) is 17.0 Å². The number of carbonyl (C=O) groups is 7. The Balaban J connectivity index is 0.606. The molecule has 0 unspecified atom stereocenters. The average molecular weight is 1870 g/mol. The average Bonchev–Trinajstić information content (AvgIpc) is 1.56. The molecule has 7 heterocycles. The number of hydrogen-bond donors (Lipinski definition) is 5. The zero-order chi connectivity index (χ0) is 95.9. The molecule has 7 N–H and O–H groups in total. The molecule has 6 aromatic rings. The lowest BCUT2D eigenvalue weighted by Crippen LogP contribution is -2.61. The van der Waals surface area contributed by atoms with E-state index in [1.54, 1.807) is 45.0 Å². The van der Waals surface area contributed by atoms with Crippen LogP contribution in [0.3, 0.4) is 0 Å². The lowest BCUT2D eigenvalue weighted by molar-refractivity contribution is -0.265. The Morgan fingerprint density at radius 3 is 2.21 bits per heavy atom. The van der Waals surface area contributed by atoms with Gasteiger partial charge in [0.2, 0.25) is 11.7 Å². The number of amides is 2. The zero-order valence-corrected chi connectivity index (χ0v) is 79.6. The number of unbranched alkanes of at least 4 members (excludes halogenated alkanes) is 2. The number of allylic oxidation sites excluding steroid dienone is 6. The van der Waals surface area contributed by atoms with Crippen LogP contribution in [0.4, 0.5) is 11.8 Å². The topological polar surface area (TPSA) is 460 Å². The number of ether oxygens (including phenoxy) is 12. The number of aliphatic hydroxyl groups is 2. The Morgan fingerprint density at radius 2 is 1.47 bits per heavy atom. The molecular weight excluding hydrogens is 1730 g/mol. The first kappa shape index (κ1) is 106. The highest BCUT2D eigenvalue weighted by atomic mass is 16.6. The second-order valence-electron chi connectivity index (χ2n) is 35.6. The molecule has 2 bridgehead atoms. The number of piperidine rings is 1. The fourth-order valence-corrected chi connectivity index (χ4v) is 17.6. The standard InChI is InChI=1S/C98H141N13O23/c1-64-23-14-11-15-24-65(2)82(121-8)58-76-33-30-70(7)98(120,134-76)92(117)95(118)109-39-21-19-28-80(109)96(119)132-83(59-77(107-131-61-71-25-16-12-17-26-71)66(3)54-69(6)90(116)91(123-10)89(115)68(5)53-64)67(4)55-72-31-34-79(84(56-72)122-9)111-60-74(105-108-111)62-130-86(114)29-22-41-124-45-49-128-51-47-126-43-37-85(113)101-38-44-127-48-52-129-50-46-125-42-36-75(112)27-18-13-20-40-110-94-87(93(99)102-63-103-94)88(106-110)73-32-35-81-78(57-73)104-97(100)133-81/h11-12,14-17,23-26,32,35,54,57,60,63-64,66-68,70,72,76,79-80,82-84,90-91,116,120H,13,18-22,27-31,33-34,36-53,55-56,58-59,61-62H2,1-10H3,(H2,100,104)(H,101,113)(H2,99,102,103)/b15-11+,23-14+,65-24+,69-54+,107-77-/t64-,66-,67-,68-,70-,72+,76+,79+,80+,82+,83+,84-,90-,91+,98-/m1/s1. The summed E-state index contributed by atoms with van der Waals surface area (Å²) in [6.45, 7) is 17.9. The quantitative estimate of drug-likeness (QED) is 0.00779. The van der Waals surface area contributed by atoms with Gasteiger partial charge in [-0.15, -0.1) is 5.10 Å². The van der Waals surface area contributed by atoms with Gasteiger partial charge in [0.25, 0.3) is 17.7 Å². The Morgan fingerprint density at radius 1 is 0.739 bits per heavy atom. The summed E-state index contributed by atoms with van der Waals surface area (Å²) >= 11 is 0. The van der Waals surface area contributed by atoms with E-state index in [1.807, 2.05) is 118 Å². The molecule has 3 aliphatic heterocycles. The molecule has 4 aliphatic rings. The lowest BCUT2D eigenvalue weighted by Gasteiger charge is -2.42. The number of oxime groups is 1. The number of nitrogens with two attached hydrogens (primary N) is 2. The largest absolute Gasteiger partial charge is 0.460 e. The van der Waals surface area contributed by atoms with Crippen molar-refractivity contribution >= 4 is 80.8 Å². The number of Topliss-reactive ketones (excluding diaryl/α,β-unsaturated/α-hetero) is 3. The number of oxazole rings is 1. The molecule has 2 amide bonds. The number of aliphatic hydroxyl groups excluding tert-OH is 1. The molecule has 0 radical (unpaired) electrons. The van der Waals surface area contributed by atoms with Crippen molar-refractivity contribution in [2.45, 2.75) is 251 Å². The number of anilines is 2. The number of esters is 2. The molecular formula is C98H141N13O23. The summed E-state index contributed by atoms with van der Waals surface area (Å²) in [4.78, 5) is 117. The van der Waals surface area contributed by atoms with E-state index in [4.69, 9.17) is 87.8 Å². The van der Waals surface area contributed by atoms with E-state index in [0.717, 1.165) is 42.4 Å². The maximum atomic E-state index is 15.3. The molecule has 3 fully saturated rings. The zero-order valence-electron chi connectivity index (χ0n) is 79.6. The highest BCUT2D eigenvalue weighted by Gasteiger charge is 2.53. The molecule has 0 spiro atoms. The van der Waals surface area contributed by atoms with Gasteiger partial charge in [0.1, 0.15) is 72.4 Å². The van der Waals surface area contributed by atoms with Gasteiger partial charge in [-0.25, -0.2) is 24.1 Å². The number of nitrogen functional groups attached to an aromatic ring is 2. The Labute approximate surface area is 785 Å². The summed E-state index contributed by atoms with van der Waals surface area (Å²) < 4.78 is 79.2. The molecule has 134 heavy (non-hydrogen) atoms. The fourth-order valence-electron chi connectivity index (χ4n) is 17.6. The second kappa shape index (κ2) is 55.3. The van der Waals surface area contributed by atoms with Crippen molar-refractivity contribution in [3.8, 4) is 11.3 Å². The van der Waals surface area contributed by atoms with E-state index in [0.29, 0.717) is 207 Å². The number of methoxy groups -OCH3 is 3. The molecule has 10 rings (SSSR count). The van der Waals surface area contributed by atoms with Gasteiger partial charge in [-0.05, 0) is 150 Å². The number of aryl methyl sites for hydroxylation is 1. The fraction of sp³-hybridized carbons (Fsp3) is 0.633. The lowest BCUT2D eigenvalue weighted by atomic mass is 9.77. The smallest absolute Gasteiger partial charge is 0.329 e. The normalized spacial score (nSPS) is 25.9. The van der Waals surface area contributed by atoms with Crippen LogP contribution in [0.2, 0.25) is 0 Å². The number of rotatable bonds is 44. The van der Waals surface area contributed by atoms with Gasteiger partial charge in [-0.3, -0.25) is 28.8 Å². The molecule has 1 saturated carbocycles. The third-order valence-corrected chi connectivity index (χ3v) is 25.3. The van der Waals surface area contributed by atoms with Gasteiger partial charge < -0.3 is 98.0 Å². The van der Waals surface area contributed by atoms with Crippen LogP contribution in [0, 0.1) is 35.5 Å². The summed E-state index contributed by atoms with van der Waals surface area (Å²) in [5.74, 6) is -7.92. The van der Waals surface area contributed by atoms with Crippen molar-refractivity contribution in [3.63, 3.8) is 0 Å². The summed E-state index contributed by atoms with van der Waals surface area (Å²) in [6, 6.07) is 13.7. The van der Waals surface area contributed by atoms with Crippen molar-refractivity contribution in [1.29, 1.82) is 0 Å². The van der Waals surface area contributed by atoms with Gasteiger partial charge >= 0.3 is 11.9 Å². The van der Waals surface area contributed by atoms with E-state index in [1.165, 1.54) is 18.3 Å². The van der Waals surface area contributed by atoms with Crippen LogP contribution < -0.4 is 16.8 Å². The van der Waals surface area contributed by atoms with Crippen molar-refractivity contribution in [1.82, 2.24) is 49.9 Å². The third kappa shape index (κ3) is 32.4. The van der Waals surface area contributed by atoms with Gasteiger partial charge in [-0.2, -0.15) is 10.1 Å². The number of fused-ring (bicyclic) bond motifs is 5. The first-order valence-corrected chi connectivity index (χ1v) is 47.4. The van der Waals surface area contributed by atoms with E-state index in [-0.39, 0.29) is 112 Å². The van der Waals surface area contributed by atoms with Crippen LogP contribution in [0.25, 0.3) is 33.4 Å². The Hall–Kier alpha value is -9.96. The molecule has 2 saturated heterocycles. The molecule has 736 valence electrons. The minimum absolute atomic E-state index is 0.0180. The molecule has 1 aliphatic carbocycles. The predicted octanol–water partition coefficient (Wildman–Crippen LogP) is 11.4. The highest BCUT2D eigenvalue weighted by molar-refractivity contribution is 6.39. The van der Waals surface area contributed by atoms with Crippen LogP contribution >= 0.6 is 0 Å². The minimum atomic E-state index is -2.49. The predicted molar refractivity (Wildman–Crippen MR) is 499 cm³/mol. The number of ketones is 3. The van der Waals surface area contributed by atoms with Crippen LogP contribution in [-0.2, 0) is 115 Å². The number of nitrogens with zero attached hydrogens (tertiary/aromatic N) is 10. The van der Waals surface area contributed by atoms with E-state index < -0.39 is 83.7 Å². The SMILES string of the molecule is CO[C@H]1C[C@@H]2CC[C@@H](C)[C@@](O)(O2)C(=O)C(=O)N2CCCC[C@H]2C(=O)O[C@H]([C@H](C)C[C@@H]2CC[C@H](n3cc(COC(=O)CCCOCCOCCOCCC(=O)NCCOCCOCCOCCC(=O)CCCCCn4nc(-c5ccc6oc(N)nc6c5)c5c(N)ncnc54)nn3)[C@H](OC)C2)C/C(=N/OCc2ccccc2)[C@H](C)/C=C(\C)[C@@H](O)[C@@H](OC)C(=O)[C@H](C)C[C@H](C)/C=C/C=C/C=C/1C. The maximum Gasteiger partial charge on any atom is 0.329 e. The number of cyclic esters (lactones) is 1. The molecule has 36 heteroatoms. The van der Waals surface area contributed by atoms with Crippen molar-refractivity contribution in [2.75, 3.05) is 125 Å². The molecule has 36 nitrogen and oxygen atoms in total. The first-order chi connectivity index (χ1) is 64.7. The molecule has 2 aromatic carbocycles. The molecule has 15 atom stereocenters. The van der Waals surface area contributed by atoms with Crippen LogP contribution in [0.5, 0.6) is 0 Å². The number of nitrogens with one attached hydrogen (secondary N) is 1. The minimum Gasteiger partial charge on any atom is -0.460 e. The van der Waals surface area contributed by atoms with Crippen LogP contribution in [-0.4, -0.2) is 264 Å². The summed E-state index contributed by atoms with van der Waals surface area (Å²) in [5, 5.41) is 46.2. The van der Waals surface area contributed by atoms with Gasteiger partial charge in [-0.1, -0.05) is 118 Å². The monoisotopic (exact) mass is 1870 g/mol. The van der Waals surface area contributed by atoms with E-state index in [9.17, 15) is 39.0 Å². The number of hydrogen-bond acceptors (Lipinski definition) is 32. The number of carbonyl (C=O) groups excluding carboxylic acids is 7. The maximum absolute atomic E-state index is 15.3. The highest BCUT2D eigenvalue weighted by Crippen LogP contribution is 2.41. The van der Waals surface area contributed by atoms with E-state index >= 15 is 4.79 Å². The first-order valence-electron chi connectivity index (χ1n) is 47.4. The summed E-state index contributed by atoms with van der Waals surface area (Å²) in [6.07, 6.45) is 19.1. The Kier molecular flexibility index (Phi) is 43.8. The van der Waals surface area contributed by atoms with Crippen LogP contribution in [0.15, 0.2) is 118 Å². The summed E-state index contributed by atoms with van der Waals surface area (Å²) in [5.41, 5.74) is 18.4. The van der Waals surface area contributed by atoms with Gasteiger partial charge in [0, 0.05) is 109 Å². The number of aromatic nitrogens is 8. The second-order valence-corrected chi connectivity index (χ2v) is 35.6. The van der Waals surface area contributed by atoms with E-state index in [2.05, 4.69) is 30.6 Å². The van der Waals surface area contributed by atoms with Crippen molar-refractivity contribution < 1.29 is 110 Å². The number of benzene rings is 2.